The maximum atomic E-state index is 13.6. The number of para-hydroxylation sites is 1. The zero-order chi connectivity index (χ0) is 23.2. The van der Waals surface area contributed by atoms with Crippen molar-refractivity contribution in [2.45, 2.75) is 44.2 Å². The van der Waals surface area contributed by atoms with Crippen LogP contribution >= 0.6 is 0 Å². The van der Waals surface area contributed by atoms with Crippen molar-refractivity contribution in [1.29, 1.82) is 0 Å². The minimum atomic E-state index is -0.219. The predicted molar refractivity (Wildman–Crippen MR) is 131 cm³/mol. The van der Waals surface area contributed by atoms with Crippen molar-refractivity contribution < 1.29 is 14.3 Å². The van der Waals surface area contributed by atoms with Crippen molar-refractivity contribution in [3.8, 4) is 11.5 Å². The van der Waals surface area contributed by atoms with Crippen LogP contribution in [0, 0.1) is 0 Å². The van der Waals surface area contributed by atoms with Gasteiger partial charge in [-0.25, -0.2) is 5.01 Å². The first-order valence-electron chi connectivity index (χ1n) is 11.7. The fraction of sp³-hybridized carbons (Fsp3) is 0.407. The first-order valence-corrected chi connectivity index (χ1v) is 11.7. The number of benzene rings is 2. The lowest BCUT2D eigenvalue weighted by molar-refractivity contribution is -0.134. The van der Waals surface area contributed by atoms with Gasteiger partial charge in [0, 0.05) is 30.1 Å². The molecule has 1 fully saturated rings. The molecule has 1 amide bonds. The second-order valence-corrected chi connectivity index (χ2v) is 8.64. The van der Waals surface area contributed by atoms with Gasteiger partial charge in [0.15, 0.2) is 0 Å². The molecule has 2 aromatic rings. The van der Waals surface area contributed by atoms with Crippen LogP contribution in [0.4, 0.5) is 0 Å². The first-order chi connectivity index (χ1) is 16.1. The van der Waals surface area contributed by atoms with Crippen molar-refractivity contribution in [1.82, 2.24) is 9.91 Å². The molecule has 2 aliphatic rings. The molecule has 1 heterocycles. The molecule has 1 aliphatic carbocycles. The maximum Gasteiger partial charge on any atom is 0.257 e. The highest BCUT2D eigenvalue weighted by Gasteiger charge is 2.36. The molecule has 1 atom stereocenters. The van der Waals surface area contributed by atoms with E-state index in [4.69, 9.17) is 14.6 Å². The zero-order valence-electron chi connectivity index (χ0n) is 19.6. The highest BCUT2D eigenvalue weighted by atomic mass is 16.5. The number of hydrazone groups is 1. The van der Waals surface area contributed by atoms with Crippen LogP contribution in [0.1, 0.15) is 49.3 Å². The second kappa shape index (κ2) is 10.7. The second-order valence-electron chi connectivity index (χ2n) is 8.64. The molecule has 6 nitrogen and oxygen atoms in total. The summed E-state index contributed by atoms with van der Waals surface area (Å²) in [6.07, 6.45) is 7.21. The van der Waals surface area contributed by atoms with Crippen molar-refractivity contribution in [3.63, 3.8) is 0 Å². The summed E-state index contributed by atoms with van der Waals surface area (Å²) in [5.74, 6) is 1.53. The van der Waals surface area contributed by atoms with Crippen LogP contribution in [0.25, 0.3) is 0 Å². The van der Waals surface area contributed by atoms with Crippen LogP contribution in [-0.4, -0.2) is 54.9 Å². The monoisotopic (exact) mass is 447 g/mol. The van der Waals surface area contributed by atoms with E-state index in [2.05, 4.69) is 11.5 Å². The van der Waals surface area contributed by atoms with Crippen LogP contribution in [0.15, 0.2) is 66.3 Å². The Labute approximate surface area is 196 Å². The number of carbonyl (C=O) groups is 1. The van der Waals surface area contributed by atoms with Gasteiger partial charge in [0.05, 0.1) is 32.5 Å². The van der Waals surface area contributed by atoms with E-state index in [0.717, 1.165) is 41.2 Å². The maximum absolute atomic E-state index is 13.6. The summed E-state index contributed by atoms with van der Waals surface area (Å²) in [6.45, 7) is 4.94. The van der Waals surface area contributed by atoms with Gasteiger partial charge in [0.25, 0.3) is 5.91 Å². The van der Waals surface area contributed by atoms with Crippen LogP contribution in [0.3, 0.4) is 0 Å². The molecule has 174 valence electrons. The number of rotatable bonds is 9. The summed E-state index contributed by atoms with van der Waals surface area (Å²) < 4.78 is 11.0. The van der Waals surface area contributed by atoms with Crippen molar-refractivity contribution in [3.05, 3.63) is 72.3 Å². The molecule has 0 aromatic heterocycles. The summed E-state index contributed by atoms with van der Waals surface area (Å²) in [5.41, 5.74) is 2.80. The van der Waals surface area contributed by atoms with Crippen LogP contribution in [0.2, 0.25) is 0 Å². The third kappa shape index (κ3) is 5.11. The van der Waals surface area contributed by atoms with Crippen molar-refractivity contribution in [2.24, 2.45) is 5.10 Å². The van der Waals surface area contributed by atoms with E-state index >= 15 is 0 Å². The Morgan fingerprint density at radius 2 is 1.94 bits per heavy atom. The number of nitrogens with zero attached hydrogens (tertiary/aromatic N) is 3. The topological polar surface area (TPSA) is 54.4 Å². The van der Waals surface area contributed by atoms with E-state index in [1.165, 1.54) is 12.8 Å². The SMILES string of the molecule is C=CCN(CC(=O)N1N=C(c2cccc(OC)c2)CC1c1ccccc1OC)C1CCCC1. The van der Waals surface area contributed by atoms with Gasteiger partial charge in [-0.05, 0) is 31.0 Å². The Balaban J connectivity index is 1.65. The molecule has 2 aromatic carbocycles. The summed E-state index contributed by atoms with van der Waals surface area (Å²) in [5, 5.41) is 6.51. The minimum Gasteiger partial charge on any atom is -0.497 e. The van der Waals surface area contributed by atoms with Crippen LogP contribution in [-0.2, 0) is 4.79 Å². The summed E-state index contributed by atoms with van der Waals surface area (Å²) in [7, 11) is 3.32. The molecule has 1 saturated carbocycles. The summed E-state index contributed by atoms with van der Waals surface area (Å²) in [4.78, 5) is 15.9. The number of methoxy groups -OCH3 is 2. The number of hydrogen-bond donors (Lipinski definition) is 0. The molecular formula is C27H33N3O3. The number of hydrogen-bond acceptors (Lipinski definition) is 5. The van der Waals surface area contributed by atoms with Gasteiger partial charge in [-0.3, -0.25) is 9.69 Å². The van der Waals surface area contributed by atoms with E-state index in [1.807, 2.05) is 54.6 Å². The lowest BCUT2D eigenvalue weighted by Gasteiger charge is -2.30. The lowest BCUT2D eigenvalue weighted by atomic mass is 9.97. The molecule has 0 spiro atoms. The standard InChI is InChI=1S/C27H33N3O3/c1-4-16-29(21-11-5-6-12-21)19-27(31)30-25(23-14-7-8-15-26(23)33-3)18-24(28-30)20-10-9-13-22(17-20)32-2/h4,7-10,13-15,17,21,25H,1,5-6,11-12,16,18-19H2,2-3H3. The molecule has 0 N–H and O–H groups in total. The van der Waals surface area contributed by atoms with Gasteiger partial charge in [-0.1, -0.05) is 49.2 Å². The van der Waals surface area contributed by atoms with E-state index in [1.54, 1.807) is 19.2 Å². The molecule has 1 unspecified atom stereocenters. The van der Waals surface area contributed by atoms with E-state index < -0.39 is 0 Å². The van der Waals surface area contributed by atoms with Gasteiger partial charge >= 0.3 is 0 Å². The van der Waals surface area contributed by atoms with Gasteiger partial charge in [0.2, 0.25) is 0 Å². The van der Waals surface area contributed by atoms with Gasteiger partial charge in [-0.2, -0.15) is 5.10 Å². The molecule has 33 heavy (non-hydrogen) atoms. The van der Waals surface area contributed by atoms with Gasteiger partial charge in [0.1, 0.15) is 11.5 Å². The van der Waals surface area contributed by atoms with Crippen LogP contribution < -0.4 is 9.47 Å². The van der Waals surface area contributed by atoms with E-state index in [9.17, 15) is 4.79 Å². The summed E-state index contributed by atoms with van der Waals surface area (Å²) in [6, 6.07) is 15.9. The molecule has 0 bridgehead atoms. The Hall–Kier alpha value is -3.12. The Kier molecular flexibility index (Phi) is 7.45. The Morgan fingerprint density at radius 1 is 1.15 bits per heavy atom. The fourth-order valence-corrected chi connectivity index (χ4v) is 4.93. The number of carbonyl (C=O) groups excluding carboxylic acids is 1. The lowest BCUT2D eigenvalue weighted by Crippen LogP contribution is -2.42. The highest BCUT2D eigenvalue weighted by Crippen LogP contribution is 2.38. The highest BCUT2D eigenvalue weighted by molar-refractivity contribution is 6.03. The predicted octanol–water partition coefficient (Wildman–Crippen LogP) is 4.81. The molecular weight excluding hydrogens is 414 g/mol. The van der Waals surface area contributed by atoms with Gasteiger partial charge < -0.3 is 9.47 Å². The minimum absolute atomic E-state index is 0.00227. The van der Waals surface area contributed by atoms with E-state index in [-0.39, 0.29) is 11.9 Å². The third-order valence-corrected chi connectivity index (χ3v) is 6.61. The van der Waals surface area contributed by atoms with Crippen molar-refractivity contribution >= 4 is 11.6 Å². The van der Waals surface area contributed by atoms with Crippen molar-refractivity contribution in [2.75, 3.05) is 27.3 Å². The molecule has 6 heteroatoms. The summed E-state index contributed by atoms with van der Waals surface area (Å²) >= 11 is 0. The Morgan fingerprint density at radius 3 is 2.67 bits per heavy atom. The largest absolute Gasteiger partial charge is 0.497 e. The van der Waals surface area contributed by atoms with E-state index in [0.29, 0.717) is 25.6 Å². The molecule has 0 saturated heterocycles. The zero-order valence-corrected chi connectivity index (χ0v) is 19.6. The Bertz CT molecular complexity index is 1010. The fourth-order valence-electron chi connectivity index (χ4n) is 4.93. The quantitative estimate of drug-likeness (QED) is 0.518. The smallest absolute Gasteiger partial charge is 0.257 e. The average Bonchev–Trinajstić information content (AvgIpc) is 3.54. The average molecular weight is 448 g/mol. The third-order valence-electron chi connectivity index (χ3n) is 6.61. The molecule has 1 aliphatic heterocycles. The normalized spacial score (nSPS) is 18.5. The van der Waals surface area contributed by atoms with Crippen LogP contribution in [0.5, 0.6) is 11.5 Å². The number of ether oxygens (including phenoxy) is 2. The molecule has 4 rings (SSSR count). The number of amides is 1. The molecule has 0 radical (unpaired) electrons. The van der Waals surface area contributed by atoms with Gasteiger partial charge in [-0.15, -0.1) is 6.58 Å². The first kappa shape index (κ1) is 23.1.